The van der Waals surface area contributed by atoms with Crippen molar-refractivity contribution < 1.29 is 37.3 Å². The van der Waals surface area contributed by atoms with Crippen molar-refractivity contribution in [2.24, 2.45) is 5.41 Å². The summed E-state index contributed by atoms with van der Waals surface area (Å²) in [5, 5.41) is 2.65. The van der Waals surface area contributed by atoms with Crippen LogP contribution in [0.3, 0.4) is 0 Å². The van der Waals surface area contributed by atoms with E-state index in [4.69, 9.17) is 18.9 Å². The van der Waals surface area contributed by atoms with E-state index in [0.29, 0.717) is 28.4 Å². The molecular weight excluding hydrogens is 424 g/mol. The van der Waals surface area contributed by atoms with Crippen molar-refractivity contribution >= 4 is 11.9 Å². The van der Waals surface area contributed by atoms with Crippen molar-refractivity contribution in [3.63, 3.8) is 0 Å². The lowest BCUT2D eigenvalue weighted by atomic mass is 9.97. The molecule has 0 heterocycles. The van der Waals surface area contributed by atoms with Gasteiger partial charge in [-0.05, 0) is 48.7 Å². The van der Waals surface area contributed by atoms with Gasteiger partial charge in [-0.1, -0.05) is 6.07 Å². The largest absolute Gasteiger partial charge is 0.493 e. The highest BCUT2D eigenvalue weighted by Crippen LogP contribution is 2.61. The van der Waals surface area contributed by atoms with Gasteiger partial charge in [0, 0.05) is 12.5 Å². The Bertz CT molecular complexity index is 1000. The van der Waals surface area contributed by atoms with E-state index < -0.39 is 34.8 Å². The van der Waals surface area contributed by atoms with Crippen molar-refractivity contribution in [1.29, 1.82) is 0 Å². The van der Waals surface area contributed by atoms with Crippen LogP contribution in [0, 0.1) is 17.0 Å². The summed E-state index contributed by atoms with van der Waals surface area (Å²) in [5.41, 5.74) is -0.434. The number of amides is 1. The summed E-state index contributed by atoms with van der Waals surface area (Å²) in [4.78, 5) is 25.9. The number of ether oxygens (including phenoxy) is 4. The monoisotopic (exact) mass is 449 g/mol. The Morgan fingerprint density at radius 2 is 1.69 bits per heavy atom. The Kier molecular flexibility index (Phi) is 6.86. The smallest absolute Gasteiger partial charge is 0.322 e. The molecule has 0 aliphatic heterocycles. The molecule has 1 saturated carbocycles. The third-order valence-corrected chi connectivity index (χ3v) is 5.53. The standard InChI is InChI=1S/C23H25F2NO6/c1-5-32-22(28)23(21(27)26-12-13-6-7-16(24)17(25)8-13)11-15(23)14-9-18(29-2)20(31-4)19(10-14)30-3/h6-10,15H,5,11-12H2,1-4H3,(H,26,27). The number of carbonyl (C=O) groups is 2. The highest BCUT2D eigenvalue weighted by molar-refractivity contribution is 6.07. The van der Waals surface area contributed by atoms with E-state index in [-0.39, 0.29) is 19.6 Å². The van der Waals surface area contributed by atoms with Crippen LogP contribution in [0.25, 0.3) is 0 Å². The highest BCUT2D eigenvalue weighted by atomic mass is 19.2. The minimum atomic E-state index is -1.45. The predicted molar refractivity (Wildman–Crippen MR) is 111 cm³/mol. The summed E-state index contributed by atoms with van der Waals surface area (Å²) in [7, 11) is 4.42. The lowest BCUT2D eigenvalue weighted by molar-refractivity contribution is -0.154. The molecule has 1 aliphatic rings. The van der Waals surface area contributed by atoms with E-state index in [1.807, 2.05) is 0 Å². The number of halogens is 2. The lowest BCUT2D eigenvalue weighted by Gasteiger charge is -2.18. The third-order valence-electron chi connectivity index (χ3n) is 5.53. The van der Waals surface area contributed by atoms with Crippen LogP contribution in [0.15, 0.2) is 30.3 Å². The van der Waals surface area contributed by atoms with Gasteiger partial charge in [-0.3, -0.25) is 9.59 Å². The van der Waals surface area contributed by atoms with Crippen LogP contribution in [0.2, 0.25) is 0 Å². The zero-order valence-corrected chi connectivity index (χ0v) is 18.3. The first kappa shape index (κ1) is 23.3. The second kappa shape index (κ2) is 9.42. The second-order valence-electron chi connectivity index (χ2n) is 7.34. The maximum Gasteiger partial charge on any atom is 0.322 e. The minimum Gasteiger partial charge on any atom is -0.493 e. The maximum absolute atomic E-state index is 13.5. The van der Waals surface area contributed by atoms with Crippen LogP contribution in [-0.4, -0.2) is 39.8 Å². The minimum absolute atomic E-state index is 0.0703. The SMILES string of the molecule is CCOC(=O)C1(C(=O)NCc2ccc(F)c(F)c2)CC1c1cc(OC)c(OC)c(OC)c1. The summed E-state index contributed by atoms with van der Waals surface area (Å²) >= 11 is 0. The van der Waals surface area contributed by atoms with Crippen molar-refractivity contribution in [3.05, 3.63) is 53.1 Å². The number of methoxy groups -OCH3 is 3. The molecular formula is C23H25F2NO6. The summed E-state index contributed by atoms with van der Waals surface area (Å²) in [5.74, 6) is -2.50. The highest BCUT2D eigenvalue weighted by Gasteiger charge is 2.67. The van der Waals surface area contributed by atoms with Crippen molar-refractivity contribution in [2.75, 3.05) is 27.9 Å². The zero-order valence-electron chi connectivity index (χ0n) is 18.3. The van der Waals surface area contributed by atoms with Gasteiger partial charge in [0.05, 0.1) is 27.9 Å². The molecule has 1 aliphatic carbocycles. The van der Waals surface area contributed by atoms with Gasteiger partial charge in [-0.25, -0.2) is 8.78 Å². The maximum atomic E-state index is 13.5. The number of esters is 1. The Morgan fingerprint density at radius 3 is 2.22 bits per heavy atom. The molecule has 2 atom stereocenters. The average Bonchev–Trinajstić information content (AvgIpc) is 3.56. The predicted octanol–water partition coefficient (Wildman–Crippen LogP) is 3.34. The van der Waals surface area contributed by atoms with Crippen molar-refractivity contribution in [1.82, 2.24) is 5.32 Å². The first-order valence-electron chi connectivity index (χ1n) is 10.0. The molecule has 1 fully saturated rings. The fraction of sp³-hybridized carbons (Fsp3) is 0.391. The van der Waals surface area contributed by atoms with E-state index in [9.17, 15) is 18.4 Å². The van der Waals surface area contributed by atoms with E-state index >= 15 is 0 Å². The number of benzene rings is 2. The van der Waals surface area contributed by atoms with Crippen LogP contribution < -0.4 is 19.5 Å². The van der Waals surface area contributed by atoms with Crippen LogP contribution >= 0.6 is 0 Å². The Labute approximate surface area is 184 Å². The number of hydrogen-bond acceptors (Lipinski definition) is 6. The average molecular weight is 449 g/mol. The van der Waals surface area contributed by atoms with Gasteiger partial charge in [0.15, 0.2) is 28.5 Å². The van der Waals surface area contributed by atoms with Gasteiger partial charge in [0.2, 0.25) is 11.7 Å². The first-order valence-corrected chi connectivity index (χ1v) is 10.0. The Balaban J connectivity index is 1.89. The van der Waals surface area contributed by atoms with Crippen LogP contribution in [0.5, 0.6) is 17.2 Å². The summed E-state index contributed by atoms with van der Waals surface area (Å²) in [6.45, 7) is 1.69. The Hall–Kier alpha value is -3.36. The van der Waals surface area contributed by atoms with Gasteiger partial charge in [-0.15, -0.1) is 0 Å². The lowest BCUT2D eigenvalue weighted by Crippen LogP contribution is -2.39. The number of nitrogens with one attached hydrogen (secondary N) is 1. The van der Waals surface area contributed by atoms with Gasteiger partial charge in [-0.2, -0.15) is 0 Å². The number of hydrogen-bond donors (Lipinski definition) is 1. The summed E-state index contributed by atoms with van der Waals surface area (Å²) < 4.78 is 47.9. The molecule has 1 amide bonds. The molecule has 0 spiro atoms. The molecule has 7 nitrogen and oxygen atoms in total. The summed E-state index contributed by atoms with van der Waals surface area (Å²) in [6.07, 6.45) is 0.216. The van der Waals surface area contributed by atoms with E-state index in [1.54, 1.807) is 19.1 Å². The fourth-order valence-electron chi connectivity index (χ4n) is 3.79. The first-order chi connectivity index (χ1) is 15.3. The topological polar surface area (TPSA) is 83.1 Å². The van der Waals surface area contributed by atoms with Gasteiger partial charge >= 0.3 is 5.97 Å². The molecule has 32 heavy (non-hydrogen) atoms. The number of rotatable bonds is 9. The van der Waals surface area contributed by atoms with E-state index in [2.05, 4.69) is 5.32 Å². The normalized spacial score (nSPS) is 19.1. The summed E-state index contributed by atoms with van der Waals surface area (Å²) in [6, 6.07) is 6.72. The van der Waals surface area contributed by atoms with E-state index in [1.165, 1.54) is 27.4 Å². The molecule has 172 valence electrons. The van der Waals surface area contributed by atoms with Gasteiger partial charge < -0.3 is 24.3 Å². The fourth-order valence-corrected chi connectivity index (χ4v) is 3.79. The van der Waals surface area contributed by atoms with Crippen LogP contribution in [-0.2, 0) is 20.9 Å². The molecule has 2 aromatic rings. The molecule has 9 heteroatoms. The number of carbonyl (C=O) groups excluding carboxylic acids is 2. The van der Waals surface area contributed by atoms with Gasteiger partial charge in [0.25, 0.3) is 0 Å². The van der Waals surface area contributed by atoms with E-state index in [0.717, 1.165) is 12.1 Å². The van der Waals surface area contributed by atoms with Crippen LogP contribution in [0.4, 0.5) is 8.78 Å². The van der Waals surface area contributed by atoms with Crippen molar-refractivity contribution in [3.8, 4) is 17.2 Å². The second-order valence-corrected chi connectivity index (χ2v) is 7.34. The quantitative estimate of drug-likeness (QED) is 0.467. The van der Waals surface area contributed by atoms with Crippen molar-refractivity contribution in [2.45, 2.75) is 25.8 Å². The third kappa shape index (κ3) is 4.19. The van der Waals surface area contributed by atoms with Crippen LogP contribution in [0.1, 0.15) is 30.4 Å². The molecule has 1 N–H and O–H groups in total. The molecule has 2 unspecified atom stereocenters. The van der Waals surface area contributed by atoms with Gasteiger partial charge in [0.1, 0.15) is 0 Å². The molecule has 0 radical (unpaired) electrons. The molecule has 0 aromatic heterocycles. The Morgan fingerprint density at radius 1 is 1.03 bits per heavy atom. The molecule has 0 saturated heterocycles. The molecule has 0 bridgehead atoms. The zero-order chi connectivity index (χ0) is 23.5. The molecule has 2 aromatic carbocycles. The molecule has 3 rings (SSSR count).